The van der Waals surface area contributed by atoms with Crippen molar-refractivity contribution in [3.8, 4) is 5.75 Å². The van der Waals surface area contributed by atoms with Crippen molar-refractivity contribution in [1.82, 2.24) is 4.37 Å². The zero-order valence-corrected chi connectivity index (χ0v) is 11.5. The molecule has 2 rings (SSSR count). The summed E-state index contributed by atoms with van der Waals surface area (Å²) >= 11 is 3.05. The van der Waals surface area contributed by atoms with Gasteiger partial charge in [-0.15, -0.1) is 0 Å². The van der Waals surface area contributed by atoms with E-state index in [0.717, 1.165) is 11.5 Å². The predicted octanol–water partition coefficient (Wildman–Crippen LogP) is 3.11. The van der Waals surface area contributed by atoms with Gasteiger partial charge in [-0.3, -0.25) is 0 Å². The van der Waals surface area contributed by atoms with Crippen LogP contribution in [0.5, 0.6) is 5.75 Å². The van der Waals surface area contributed by atoms with Crippen LogP contribution in [0.4, 0.5) is 10.8 Å². The van der Waals surface area contributed by atoms with Gasteiger partial charge in [0.1, 0.15) is 0 Å². The molecular weight excluding hydrogens is 254 g/mol. The quantitative estimate of drug-likeness (QED) is 0.875. The van der Waals surface area contributed by atoms with Crippen molar-refractivity contribution in [2.24, 2.45) is 0 Å². The molecule has 0 bridgehead atoms. The number of hydrogen-bond acceptors (Lipinski definition) is 6. The number of nitrogens with two attached hydrogens (primary N) is 1. The number of nitrogens with one attached hydrogen (secondary N) is 1. The monoisotopic (exact) mass is 269 g/mol. The second-order valence-electron chi connectivity index (χ2n) is 3.59. The molecule has 0 aliphatic heterocycles. The third kappa shape index (κ3) is 2.70. The Morgan fingerprint density at radius 3 is 2.94 bits per heavy atom. The van der Waals surface area contributed by atoms with Crippen LogP contribution in [0.15, 0.2) is 10.8 Å². The zero-order valence-electron chi connectivity index (χ0n) is 9.82. The largest absolute Gasteiger partial charge is 0.487 e. The van der Waals surface area contributed by atoms with Crippen molar-refractivity contribution < 1.29 is 4.74 Å². The summed E-state index contributed by atoms with van der Waals surface area (Å²) in [5.74, 6) is 1.13. The van der Waals surface area contributed by atoms with Crippen LogP contribution in [-0.4, -0.2) is 11.0 Å². The molecule has 4 nitrogen and oxygen atoms in total. The molecule has 0 aliphatic rings. The lowest BCUT2D eigenvalue weighted by atomic mass is 10.2. The van der Waals surface area contributed by atoms with Crippen LogP contribution in [0.1, 0.15) is 18.1 Å². The first-order valence-electron chi connectivity index (χ1n) is 5.35. The SMILES string of the molecule is CCOc1c(N)nsc1NCc1cscc1C. The number of aromatic nitrogens is 1. The highest BCUT2D eigenvalue weighted by atomic mass is 32.1. The molecule has 2 aromatic rings. The molecule has 6 heteroatoms. The minimum absolute atomic E-state index is 0.460. The highest BCUT2D eigenvalue weighted by molar-refractivity contribution is 7.11. The number of nitrogens with zero attached hydrogens (tertiary/aromatic N) is 1. The average molecular weight is 269 g/mol. The molecule has 0 spiro atoms. The van der Waals surface area contributed by atoms with Crippen LogP contribution in [0, 0.1) is 6.92 Å². The Labute approximate surface area is 109 Å². The van der Waals surface area contributed by atoms with Crippen LogP contribution in [0.25, 0.3) is 0 Å². The van der Waals surface area contributed by atoms with Gasteiger partial charge in [0.2, 0.25) is 0 Å². The summed E-state index contributed by atoms with van der Waals surface area (Å²) in [5, 5.41) is 8.50. The summed E-state index contributed by atoms with van der Waals surface area (Å²) in [6.07, 6.45) is 0. The van der Waals surface area contributed by atoms with Gasteiger partial charge < -0.3 is 15.8 Å². The lowest BCUT2D eigenvalue weighted by molar-refractivity contribution is 0.344. The third-order valence-corrected chi connectivity index (χ3v) is 4.07. The van der Waals surface area contributed by atoms with E-state index in [2.05, 4.69) is 27.4 Å². The van der Waals surface area contributed by atoms with Crippen molar-refractivity contribution in [3.63, 3.8) is 0 Å². The number of anilines is 2. The van der Waals surface area contributed by atoms with Crippen LogP contribution in [0.3, 0.4) is 0 Å². The summed E-state index contributed by atoms with van der Waals surface area (Å²) in [6.45, 7) is 5.41. The zero-order chi connectivity index (χ0) is 12.3. The molecule has 0 amide bonds. The van der Waals surface area contributed by atoms with Gasteiger partial charge in [-0.05, 0) is 47.3 Å². The molecule has 0 radical (unpaired) electrons. The molecular formula is C11H15N3OS2. The Kier molecular flexibility index (Phi) is 3.86. The molecule has 0 atom stereocenters. The smallest absolute Gasteiger partial charge is 0.197 e. The molecule has 2 aromatic heterocycles. The molecule has 3 N–H and O–H groups in total. The Hall–Kier alpha value is -1.27. The van der Waals surface area contributed by atoms with Crippen molar-refractivity contribution in [2.45, 2.75) is 20.4 Å². The van der Waals surface area contributed by atoms with Gasteiger partial charge in [0, 0.05) is 6.54 Å². The maximum Gasteiger partial charge on any atom is 0.197 e. The molecule has 17 heavy (non-hydrogen) atoms. The topological polar surface area (TPSA) is 60.2 Å². The first-order valence-corrected chi connectivity index (χ1v) is 7.07. The molecule has 0 aromatic carbocycles. The molecule has 0 saturated carbocycles. The molecule has 0 unspecified atom stereocenters. The summed E-state index contributed by atoms with van der Waals surface area (Å²) in [4.78, 5) is 0. The molecule has 0 saturated heterocycles. The fourth-order valence-corrected chi connectivity index (χ4v) is 2.95. The van der Waals surface area contributed by atoms with Crippen molar-refractivity contribution in [3.05, 3.63) is 21.9 Å². The number of rotatable bonds is 5. The highest BCUT2D eigenvalue weighted by Crippen LogP contribution is 2.35. The van der Waals surface area contributed by atoms with E-state index in [9.17, 15) is 0 Å². The van der Waals surface area contributed by atoms with Crippen LogP contribution in [-0.2, 0) is 6.54 Å². The Morgan fingerprint density at radius 1 is 1.47 bits per heavy atom. The van der Waals surface area contributed by atoms with Gasteiger partial charge in [-0.25, -0.2) is 0 Å². The number of ether oxygens (including phenoxy) is 1. The summed E-state index contributed by atoms with van der Waals surface area (Å²) in [5.41, 5.74) is 8.34. The van der Waals surface area contributed by atoms with E-state index in [1.165, 1.54) is 22.7 Å². The number of aryl methyl sites for hydroxylation is 1. The number of thiophene rings is 1. The predicted molar refractivity (Wildman–Crippen MR) is 74.1 cm³/mol. The van der Waals surface area contributed by atoms with E-state index in [-0.39, 0.29) is 0 Å². The summed E-state index contributed by atoms with van der Waals surface area (Å²) in [7, 11) is 0. The van der Waals surface area contributed by atoms with Crippen molar-refractivity contribution in [1.29, 1.82) is 0 Å². The molecule has 92 valence electrons. The lowest BCUT2D eigenvalue weighted by Crippen LogP contribution is -2.01. The van der Waals surface area contributed by atoms with Crippen LogP contribution < -0.4 is 15.8 Å². The van der Waals surface area contributed by atoms with Gasteiger partial charge in [0.25, 0.3) is 0 Å². The van der Waals surface area contributed by atoms with Gasteiger partial charge in [-0.1, -0.05) is 0 Å². The van der Waals surface area contributed by atoms with E-state index in [0.29, 0.717) is 18.2 Å². The van der Waals surface area contributed by atoms with Gasteiger partial charge >= 0.3 is 0 Å². The molecule has 0 aliphatic carbocycles. The number of hydrogen-bond donors (Lipinski definition) is 2. The van der Waals surface area contributed by atoms with E-state index in [1.807, 2.05) is 6.92 Å². The van der Waals surface area contributed by atoms with Crippen LogP contribution in [0.2, 0.25) is 0 Å². The third-order valence-electron chi connectivity index (χ3n) is 2.36. The van der Waals surface area contributed by atoms with E-state index in [1.54, 1.807) is 11.3 Å². The van der Waals surface area contributed by atoms with Crippen molar-refractivity contribution >= 4 is 33.7 Å². The second-order valence-corrected chi connectivity index (χ2v) is 5.11. The minimum Gasteiger partial charge on any atom is -0.487 e. The second kappa shape index (κ2) is 5.37. The maximum atomic E-state index is 5.74. The highest BCUT2D eigenvalue weighted by Gasteiger charge is 2.12. The van der Waals surface area contributed by atoms with E-state index in [4.69, 9.17) is 10.5 Å². The van der Waals surface area contributed by atoms with Crippen molar-refractivity contribution in [2.75, 3.05) is 17.7 Å². The van der Waals surface area contributed by atoms with Crippen LogP contribution >= 0.6 is 22.9 Å². The van der Waals surface area contributed by atoms with Gasteiger partial charge in [-0.2, -0.15) is 15.7 Å². The van der Waals surface area contributed by atoms with Gasteiger partial charge in [0.15, 0.2) is 16.6 Å². The normalized spacial score (nSPS) is 10.5. The molecule has 0 fully saturated rings. The Balaban J connectivity index is 2.06. The average Bonchev–Trinajstić information content (AvgIpc) is 2.86. The first kappa shape index (κ1) is 12.2. The first-order chi connectivity index (χ1) is 8.22. The Bertz CT molecular complexity index is 493. The fourth-order valence-electron chi connectivity index (χ4n) is 1.43. The minimum atomic E-state index is 0.460. The fraction of sp³-hybridized carbons (Fsp3) is 0.364. The van der Waals surface area contributed by atoms with E-state index >= 15 is 0 Å². The van der Waals surface area contributed by atoms with E-state index < -0.39 is 0 Å². The maximum absolute atomic E-state index is 5.74. The van der Waals surface area contributed by atoms with Gasteiger partial charge in [0.05, 0.1) is 6.61 Å². The standard InChI is InChI=1S/C11H15N3OS2/c1-3-15-9-10(12)14-17-11(9)13-4-8-6-16-5-7(8)2/h5-6,13H,3-4H2,1-2H3,(H2,12,14). The Morgan fingerprint density at radius 2 is 2.29 bits per heavy atom. The summed E-state index contributed by atoms with van der Waals surface area (Å²) in [6, 6.07) is 0. The molecule has 2 heterocycles. The lowest BCUT2D eigenvalue weighted by Gasteiger charge is -2.07. The number of nitrogen functional groups attached to an aromatic ring is 1. The summed E-state index contributed by atoms with van der Waals surface area (Å²) < 4.78 is 9.56.